The van der Waals surface area contributed by atoms with E-state index in [1.165, 1.54) is 16.8 Å². The van der Waals surface area contributed by atoms with Gasteiger partial charge in [0, 0.05) is 29.4 Å². The van der Waals surface area contributed by atoms with E-state index in [2.05, 4.69) is 65.1 Å². The maximum Gasteiger partial charge on any atom is 0.0461 e. The van der Waals surface area contributed by atoms with Gasteiger partial charge in [-0.25, -0.2) is 0 Å². The van der Waals surface area contributed by atoms with Gasteiger partial charge in [0.05, 0.1) is 0 Å². The number of rotatable bonds is 3. The van der Waals surface area contributed by atoms with Crippen molar-refractivity contribution >= 4 is 27.3 Å². The van der Waals surface area contributed by atoms with Gasteiger partial charge in [0.2, 0.25) is 0 Å². The van der Waals surface area contributed by atoms with Crippen molar-refractivity contribution in [2.24, 2.45) is 0 Å². The summed E-state index contributed by atoms with van der Waals surface area (Å²) in [4.78, 5) is 2.21. The monoisotopic (exact) mass is 304 g/mol. The largest absolute Gasteiger partial charge is 0.398 e. The summed E-state index contributed by atoms with van der Waals surface area (Å²) in [6.45, 7) is 2.94. The van der Waals surface area contributed by atoms with Gasteiger partial charge in [-0.2, -0.15) is 0 Å². The van der Waals surface area contributed by atoms with Crippen LogP contribution in [-0.4, -0.2) is 7.05 Å². The van der Waals surface area contributed by atoms with Crippen LogP contribution in [0.15, 0.2) is 46.9 Å². The quantitative estimate of drug-likeness (QED) is 0.869. The number of nitrogens with two attached hydrogens (primary N) is 1. The Hall–Kier alpha value is -1.48. The summed E-state index contributed by atoms with van der Waals surface area (Å²) in [6, 6.07) is 14.6. The lowest BCUT2D eigenvalue weighted by molar-refractivity contribution is 0.923. The van der Waals surface area contributed by atoms with Crippen molar-refractivity contribution in [3.63, 3.8) is 0 Å². The Balaban J connectivity index is 2.13. The van der Waals surface area contributed by atoms with Gasteiger partial charge in [-0.15, -0.1) is 0 Å². The van der Waals surface area contributed by atoms with Crippen LogP contribution in [0.5, 0.6) is 0 Å². The van der Waals surface area contributed by atoms with Gasteiger partial charge in [-0.3, -0.25) is 0 Å². The van der Waals surface area contributed by atoms with E-state index < -0.39 is 0 Å². The summed E-state index contributed by atoms with van der Waals surface area (Å²) < 4.78 is 0.948. The van der Waals surface area contributed by atoms with Crippen molar-refractivity contribution in [3.8, 4) is 0 Å². The molecule has 2 aromatic rings. The van der Waals surface area contributed by atoms with Gasteiger partial charge in [0.25, 0.3) is 0 Å². The van der Waals surface area contributed by atoms with Gasteiger partial charge in [0.15, 0.2) is 0 Å². The van der Waals surface area contributed by atoms with Crippen LogP contribution in [0.3, 0.4) is 0 Å². The lowest BCUT2D eigenvalue weighted by Crippen LogP contribution is -2.16. The highest BCUT2D eigenvalue weighted by Gasteiger charge is 2.03. The fraction of sp³-hybridized carbons (Fsp3) is 0.200. The molecule has 0 fully saturated rings. The Morgan fingerprint density at radius 1 is 1.11 bits per heavy atom. The molecule has 0 aliphatic rings. The first-order chi connectivity index (χ1) is 8.56. The zero-order chi connectivity index (χ0) is 13.1. The van der Waals surface area contributed by atoms with E-state index in [1.54, 1.807) is 0 Å². The van der Waals surface area contributed by atoms with Crippen LogP contribution in [0, 0.1) is 6.92 Å². The molecule has 0 unspecified atom stereocenters. The number of nitrogens with zero attached hydrogens (tertiary/aromatic N) is 1. The summed E-state index contributed by atoms with van der Waals surface area (Å²) >= 11 is 3.41. The van der Waals surface area contributed by atoms with Crippen molar-refractivity contribution in [2.45, 2.75) is 13.5 Å². The van der Waals surface area contributed by atoms with Crippen molar-refractivity contribution in [2.75, 3.05) is 17.7 Å². The zero-order valence-corrected chi connectivity index (χ0v) is 12.2. The smallest absolute Gasteiger partial charge is 0.0461 e. The molecule has 0 amide bonds. The first kappa shape index (κ1) is 13.0. The topological polar surface area (TPSA) is 29.3 Å². The second-order valence-corrected chi connectivity index (χ2v) is 5.40. The Morgan fingerprint density at radius 2 is 1.78 bits per heavy atom. The normalized spacial score (nSPS) is 10.4. The molecule has 18 heavy (non-hydrogen) atoms. The number of hydrogen-bond donors (Lipinski definition) is 1. The zero-order valence-electron chi connectivity index (χ0n) is 10.7. The van der Waals surface area contributed by atoms with Crippen molar-refractivity contribution in [3.05, 3.63) is 58.1 Å². The number of hydrogen-bond acceptors (Lipinski definition) is 2. The van der Waals surface area contributed by atoms with Crippen LogP contribution >= 0.6 is 15.9 Å². The molecule has 0 spiro atoms. The summed E-state index contributed by atoms with van der Waals surface area (Å²) in [5, 5.41) is 0. The third kappa shape index (κ3) is 3.05. The van der Waals surface area contributed by atoms with Crippen LogP contribution < -0.4 is 10.6 Å². The van der Waals surface area contributed by atoms with Crippen molar-refractivity contribution < 1.29 is 0 Å². The highest BCUT2D eigenvalue weighted by Crippen LogP contribution is 2.22. The maximum absolute atomic E-state index is 5.89. The lowest BCUT2D eigenvalue weighted by atomic mass is 10.1. The molecule has 0 saturated heterocycles. The van der Waals surface area contributed by atoms with Gasteiger partial charge < -0.3 is 10.6 Å². The number of halogens is 1. The molecule has 2 rings (SSSR count). The molecule has 2 nitrogen and oxygen atoms in total. The maximum atomic E-state index is 5.89. The van der Waals surface area contributed by atoms with Crippen molar-refractivity contribution in [1.82, 2.24) is 0 Å². The minimum absolute atomic E-state index is 0.782. The number of nitrogen functional groups attached to an aromatic ring is 1. The third-order valence-corrected chi connectivity index (χ3v) is 3.68. The minimum atomic E-state index is 0.782. The molecule has 0 atom stereocenters. The molecule has 0 heterocycles. The minimum Gasteiger partial charge on any atom is -0.398 e. The van der Waals surface area contributed by atoms with Gasteiger partial charge >= 0.3 is 0 Å². The molecule has 0 aromatic heterocycles. The standard InChI is InChI=1S/C15H17BrN2/c1-11-3-6-13(7-4-11)18(2)10-12-5-8-14(16)15(17)9-12/h3-9H,10,17H2,1-2H3. The molecule has 0 aliphatic heterocycles. The van der Waals surface area contributed by atoms with Gasteiger partial charge in [-0.1, -0.05) is 23.8 Å². The Kier molecular flexibility index (Phi) is 3.92. The van der Waals surface area contributed by atoms with E-state index >= 15 is 0 Å². The van der Waals surface area contributed by atoms with Crippen LogP contribution in [0.4, 0.5) is 11.4 Å². The molecule has 94 valence electrons. The summed E-state index contributed by atoms with van der Waals surface area (Å²) in [5.74, 6) is 0. The number of benzene rings is 2. The second kappa shape index (κ2) is 5.44. The van der Waals surface area contributed by atoms with E-state index in [1.807, 2.05) is 12.1 Å². The molecular formula is C15H17BrN2. The van der Waals surface area contributed by atoms with Crippen LogP contribution in [-0.2, 0) is 6.54 Å². The van der Waals surface area contributed by atoms with E-state index in [0.29, 0.717) is 0 Å². The van der Waals surface area contributed by atoms with Crippen LogP contribution in [0.25, 0.3) is 0 Å². The Labute approximate surface area is 117 Å². The summed E-state index contributed by atoms with van der Waals surface area (Å²) in [5.41, 5.74) is 10.4. The predicted molar refractivity (Wildman–Crippen MR) is 81.8 cm³/mol. The average Bonchev–Trinajstić information content (AvgIpc) is 2.34. The van der Waals surface area contributed by atoms with Crippen LogP contribution in [0.1, 0.15) is 11.1 Å². The summed E-state index contributed by atoms with van der Waals surface area (Å²) in [7, 11) is 2.09. The Bertz CT molecular complexity index is 535. The number of anilines is 2. The molecule has 3 heteroatoms. The average molecular weight is 305 g/mol. The molecule has 2 aromatic carbocycles. The van der Waals surface area contributed by atoms with Gasteiger partial charge in [0.1, 0.15) is 0 Å². The predicted octanol–water partition coefficient (Wildman–Crippen LogP) is 3.98. The molecule has 0 aliphatic carbocycles. The highest BCUT2D eigenvalue weighted by atomic mass is 79.9. The lowest BCUT2D eigenvalue weighted by Gasteiger charge is -2.20. The Morgan fingerprint density at radius 3 is 2.39 bits per heavy atom. The van der Waals surface area contributed by atoms with Gasteiger partial charge in [-0.05, 0) is 52.7 Å². The van der Waals surface area contributed by atoms with E-state index in [-0.39, 0.29) is 0 Å². The third-order valence-electron chi connectivity index (χ3n) is 2.95. The van der Waals surface area contributed by atoms with Crippen molar-refractivity contribution in [1.29, 1.82) is 0 Å². The molecular weight excluding hydrogens is 288 g/mol. The van der Waals surface area contributed by atoms with E-state index in [0.717, 1.165) is 16.7 Å². The van der Waals surface area contributed by atoms with E-state index in [9.17, 15) is 0 Å². The molecule has 0 bridgehead atoms. The molecule has 0 radical (unpaired) electrons. The highest BCUT2D eigenvalue weighted by molar-refractivity contribution is 9.10. The fourth-order valence-electron chi connectivity index (χ4n) is 1.86. The summed E-state index contributed by atoms with van der Waals surface area (Å²) in [6.07, 6.45) is 0. The SMILES string of the molecule is Cc1ccc(N(C)Cc2ccc(Br)c(N)c2)cc1. The first-order valence-corrected chi connectivity index (χ1v) is 6.67. The second-order valence-electron chi connectivity index (χ2n) is 4.55. The molecule has 0 saturated carbocycles. The molecule has 2 N–H and O–H groups in total. The fourth-order valence-corrected chi connectivity index (χ4v) is 2.10. The van der Waals surface area contributed by atoms with Crippen LogP contribution in [0.2, 0.25) is 0 Å². The number of aryl methyl sites for hydroxylation is 1. The first-order valence-electron chi connectivity index (χ1n) is 5.88. The van der Waals surface area contributed by atoms with E-state index in [4.69, 9.17) is 5.73 Å².